The number of halogens is 3. The Hall–Kier alpha value is -5.01. The molecule has 1 unspecified atom stereocenters. The summed E-state index contributed by atoms with van der Waals surface area (Å²) in [5, 5.41) is 3.32. The van der Waals surface area contributed by atoms with E-state index >= 15 is 4.39 Å². The van der Waals surface area contributed by atoms with Gasteiger partial charge in [0.1, 0.15) is 30.3 Å². The predicted octanol–water partition coefficient (Wildman–Crippen LogP) is 8.25. The number of likely N-dealkylation sites (tertiary alicyclic amines) is 1. The van der Waals surface area contributed by atoms with Crippen molar-refractivity contribution in [2.45, 2.75) is 52.9 Å². The molecule has 16 heteroatoms. The van der Waals surface area contributed by atoms with Gasteiger partial charge in [0.2, 0.25) is 11.8 Å². The second-order valence-corrected chi connectivity index (χ2v) is 15.3. The number of anilines is 1. The molecule has 3 heterocycles. The minimum absolute atomic E-state index is 0.115. The van der Waals surface area contributed by atoms with Gasteiger partial charge in [0.05, 0.1) is 31.0 Å². The number of Topliss-reactive ketones (excluding diaryl/α,β-unsaturated/α-hetero) is 1. The number of nitrogens with zero attached hydrogens (tertiary/aromatic N) is 4. The molecule has 1 saturated heterocycles. The maximum Gasteiger partial charge on any atom is 0.367 e. The number of aromatic nitrogens is 3. The van der Waals surface area contributed by atoms with Crippen LogP contribution in [0.5, 0.6) is 5.75 Å². The van der Waals surface area contributed by atoms with E-state index in [0.29, 0.717) is 38.4 Å². The predicted molar refractivity (Wildman–Crippen MR) is 205 cm³/mol. The van der Waals surface area contributed by atoms with Gasteiger partial charge in [0, 0.05) is 69.3 Å². The normalized spacial score (nSPS) is 15.7. The molecule has 1 aliphatic rings. The van der Waals surface area contributed by atoms with E-state index in [1.54, 1.807) is 75.6 Å². The molecular weight excluding hydrogens is 755 g/mol. The zero-order valence-electron chi connectivity index (χ0n) is 30.6. The summed E-state index contributed by atoms with van der Waals surface area (Å²) >= 11 is 6.30. The van der Waals surface area contributed by atoms with E-state index < -0.39 is 43.8 Å². The molecule has 1 N–H and O–H groups in total. The van der Waals surface area contributed by atoms with E-state index in [9.17, 15) is 23.3 Å². The van der Waals surface area contributed by atoms with E-state index in [0.717, 1.165) is 4.90 Å². The largest absolute Gasteiger partial charge is 0.480 e. The molecule has 12 nitrogen and oxygen atoms in total. The number of hydrogen-bond acceptors (Lipinski definition) is 9. The maximum atomic E-state index is 15.7. The van der Waals surface area contributed by atoms with Gasteiger partial charge in [-0.3, -0.25) is 18.9 Å². The SMILES string of the molecule is CCOP(=O)(COc1cc2c(cc1-c1cnc(C)nc1)c(C(C)=O)cn2CC(=O)N1C[C@H](F)CC1C(=O)Nc1cccc(-c2ccccc2Cl)c1F)OCC. The highest BCUT2D eigenvalue weighted by Crippen LogP contribution is 2.49. The lowest BCUT2D eigenvalue weighted by atomic mass is 10.0. The topological polar surface area (TPSA) is 142 Å². The lowest BCUT2D eigenvalue weighted by Gasteiger charge is -2.24. The van der Waals surface area contributed by atoms with Gasteiger partial charge < -0.3 is 28.6 Å². The molecule has 0 aliphatic carbocycles. The molecule has 3 aromatic carbocycles. The summed E-state index contributed by atoms with van der Waals surface area (Å²) in [5.41, 5.74) is 2.12. The Morgan fingerprint density at radius 3 is 2.36 bits per heavy atom. The Kier molecular flexibility index (Phi) is 12.1. The van der Waals surface area contributed by atoms with E-state index in [4.69, 9.17) is 25.4 Å². The average Bonchev–Trinajstić information content (AvgIpc) is 3.72. The molecule has 1 fully saturated rings. The number of amides is 2. The minimum Gasteiger partial charge on any atom is -0.480 e. The molecular formula is C39H39ClF2N5O7P. The Bertz CT molecular complexity index is 2290. The summed E-state index contributed by atoms with van der Waals surface area (Å²) in [4.78, 5) is 50.2. The number of ether oxygens (including phenoxy) is 1. The van der Waals surface area contributed by atoms with Crippen LogP contribution >= 0.6 is 19.2 Å². The standard InChI is InChI=1S/C39H39ClF2N5O7P/c1-5-53-55(51,54-6-2)22-52-36-16-34-30(15-29(36)25-17-43-24(4)44-18-25)31(23(3)48)20-46(34)21-37(49)47-19-26(41)14-35(47)39(50)45-33-13-9-11-28(38(33)42)27-10-7-8-12-32(27)40/h7-13,15-18,20,26,35H,5-6,14,19,21-22H2,1-4H3,(H,45,50)/t26-,35?/m1/s1. The van der Waals surface area contributed by atoms with Gasteiger partial charge in [0.25, 0.3) is 0 Å². The van der Waals surface area contributed by atoms with Crippen LogP contribution in [-0.2, 0) is 29.7 Å². The third kappa shape index (κ3) is 8.63. The molecule has 2 amide bonds. The molecule has 0 radical (unpaired) electrons. The van der Waals surface area contributed by atoms with Crippen LogP contribution in [0.1, 0.15) is 43.4 Å². The molecule has 2 aromatic heterocycles. The Labute approximate surface area is 321 Å². The molecule has 288 valence electrons. The first kappa shape index (κ1) is 39.7. The lowest BCUT2D eigenvalue weighted by molar-refractivity contribution is -0.137. The third-order valence-electron chi connectivity index (χ3n) is 9.08. The van der Waals surface area contributed by atoms with Crippen molar-refractivity contribution in [2.24, 2.45) is 0 Å². The van der Waals surface area contributed by atoms with Gasteiger partial charge in [-0.25, -0.2) is 18.7 Å². The fourth-order valence-corrected chi connectivity index (χ4v) is 8.08. The number of nitrogens with one attached hydrogen (secondary N) is 1. The van der Waals surface area contributed by atoms with Crippen LogP contribution in [-0.4, -0.2) is 75.4 Å². The summed E-state index contributed by atoms with van der Waals surface area (Å²) in [6, 6.07) is 13.2. The fourth-order valence-electron chi connectivity index (χ4n) is 6.54. The van der Waals surface area contributed by atoms with Gasteiger partial charge in [-0.1, -0.05) is 41.9 Å². The summed E-state index contributed by atoms with van der Waals surface area (Å²) < 4.78 is 62.5. The summed E-state index contributed by atoms with van der Waals surface area (Å²) in [6.07, 6.45) is 2.42. The van der Waals surface area contributed by atoms with Crippen LogP contribution in [0.4, 0.5) is 14.5 Å². The second kappa shape index (κ2) is 16.8. The Morgan fingerprint density at radius 1 is 1.00 bits per heavy atom. The van der Waals surface area contributed by atoms with E-state index in [-0.39, 0.29) is 61.1 Å². The van der Waals surface area contributed by atoms with Crippen LogP contribution in [0.15, 0.2) is 73.2 Å². The van der Waals surface area contributed by atoms with Crippen LogP contribution in [0.25, 0.3) is 33.2 Å². The van der Waals surface area contributed by atoms with Crippen LogP contribution in [0, 0.1) is 12.7 Å². The Balaban J connectivity index is 1.32. The molecule has 0 spiro atoms. The van der Waals surface area contributed by atoms with Crippen LogP contribution < -0.4 is 10.1 Å². The van der Waals surface area contributed by atoms with Crippen molar-refractivity contribution in [1.29, 1.82) is 0 Å². The number of aryl methyl sites for hydroxylation is 1. The van der Waals surface area contributed by atoms with Gasteiger partial charge >= 0.3 is 7.60 Å². The summed E-state index contributed by atoms with van der Waals surface area (Å²) in [6.45, 7) is 5.94. The van der Waals surface area contributed by atoms with Crippen LogP contribution in [0.3, 0.4) is 0 Å². The molecule has 2 atom stereocenters. The Morgan fingerprint density at radius 2 is 1.69 bits per heavy atom. The van der Waals surface area contributed by atoms with Crippen molar-refractivity contribution in [3.63, 3.8) is 0 Å². The maximum absolute atomic E-state index is 15.7. The number of carbonyl (C=O) groups is 3. The van der Waals surface area contributed by atoms with Gasteiger partial charge in [0.15, 0.2) is 17.9 Å². The zero-order chi connectivity index (χ0) is 39.4. The molecule has 55 heavy (non-hydrogen) atoms. The van der Waals surface area contributed by atoms with E-state index in [1.165, 1.54) is 29.8 Å². The van der Waals surface area contributed by atoms with Crippen LogP contribution in [0.2, 0.25) is 5.02 Å². The minimum atomic E-state index is -3.67. The molecule has 0 bridgehead atoms. The molecule has 5 aromatic rings. The number of carbonyl (C=O) groups excluding carboxylic acids is 3. The zero-order valence-corrected chi connectivity index (χ0v) is 32.2. The van der Waals surface area contributed by atoms with Crippen molar-refractivity contribution in [2.75, 3.05) is 31.4 Å². The highest BCUT2D eigenvalue weighted by molar-refractivity contribution is 7.53. The fraction of sp³-hybridized carbons (Fsp3) is 0.308. The highest BCUT2D eigenvalue weighted by atomic mass is 35.5. The lowest BCUT2D eigenvalue weighted by Crippen LogP contribution is -2.44. The number of ketones is 1. The second-order valence-electron chi connectivity index (χ2n) is 12.9. The van der Waals surface area contributed by atoms with E-state index in [1.807, 2.05) is 0 Å². The van der Waals surface area contributed by atoms with Gasteiger partial charge in [-0.05, 0) is 45.9 Å². The smallest absolute Gasteiger partial charge is 0.367 e. The first-order valence-electron chi connectivity index (χ1n) is 17.6. The quantitative estimate of drug-likeness (QED) is 0.0869. The number of alkyl halides is 1. The number of hydrogen-bond donors (Lipinski definition) is 1. The molecule has 0 saturated carbocycles. The van der Waals surface area contributed by atoms with Crippen molar-refractivity contribution < 1.29 is 41.5 Å². The van der Waals surface area contributed by atoms with Crippen molar-refractivity contribution >= 4 is 53.4 Å². The monoisotopic (exact) mass is 793 g/mol. The number of benzene rings is 3. The van der Waals surface area contributed by atoms with Crippen molar-refractivity contribution in [3.8, 4) is 28.0 Å². The summed E-state index contributed by atoms with van der Waals surface area (Å²) in [5.74, 6) is -1.67. The molecule has 6 rings (SSSR count). The molecule has 1 aliphatic heterocycles. The highest BCUT2D eigenvalue weighted by Gasteiger charge is 2.40. The van der Waals surface area contributed by atoms with Crippen molar-refractivity contribution in [1.82, 2.24) is 19.4 Å². The number of rotatable bonds is 14. The third-order valence-corrected chi connectivity index (χ3v) is 11.2. The first-order chi connectivity index (χ1) is 26.3. The van der Waals surface area contributed by atoms with Gasteiger partial charge in [-0.2, -0.15) is 0 Å². The average molecular weight is 794 g/mol. The van der Waals surface area contributed by atoms with Gasteiger partial charge in [-0.15, -0.1) is 0 Å². The van der Waals surface area contributed by atoms with Crippen molar-refractivity contribution in [3.05, 3.63) is 95.4 Å². The first-order valence-corrected chi connectivity index (χ1v) is 19.7. The number of fused-ring (bicyclic) bond motifs is 1. The summed E-state index contributed by atoms with van der Waals surface area (Å²) in [7, 11) is -3.67. The van der Waals surface area contributed by atoms with E-state index in [2.05, 4.69) is 15.3 Å².